The van der Waals surface area contributed by atoms with E-state index in [1.165, 1.54) is 0 Å². The minimum absolute atomic E-state index is 0. The number of amides is 2. The maximum Gasteiger partial charge on any atom is 0.304 e. The van der Waals surface area contributed by atoms with Crippen molar-refractivity contribution in [2.75, 3.05) is 0 Å². The van der Waals surface area contributed by atoms with Gasteiger partial charge in [-0.25, -0.2) is 0 Å². The van der Waals surface area contributed by atoms with Crippen LogP contribution in [0.1, 0.15) is 10.4 Å². The van der Waals surface area contributed by atoms with Gasteiger partial charge in [0, 0.05) is 17.7 Å². The second-order valence-corrected chi connectivity index (χ2v) is 3.92. The number of benzene rings is 1. The summed E-state index contributed by atoms with van der Waals surface area (Å²) in [6.45, 7) is 0.149. The molecule has 5 nitrogen and oxygen atoms in total. The van der Waals surface area contributed by atoms with E-state index in [0.29, 0.717) is 5.56 Å². The van der Waals surface area contributed by atoms with Crippen LogP contribution in [-0.2, 0) is 11.3 Å². The summed E-state index contributed by atoms with van der Waals surface area (Å²) in [7, 11) is 0. The minimum Gasteiger partial charge on any atom is -0.267 e. The van der Waals surface area contributed by atoms with E-state index in [0.717, 1.165) is 0 Å². The van der Waals surface area contributed by atoms with Gasteiger partial charge in [-0.2, -0.15) is 4.57 Å². The van der Waals surface area contributed by atoms with Gasteiger partial charge in [0.15, 0.2) is 12.4 Å². The van der Waals surface area contributed by atoms with E-state index in [4.69, 9.17) is 0 Å². The van der Waals surface area contributed by atoms with Gasteiger partial charge in [0.1, 0.15) is 0 Å². The maximum atomic E-state index is 11.7. The summed E-state index contributed by atoms with van der Waals surface area (Å²) in [4.78, 5) is 23.3. The Hall–Kier alpha value is -2.40. The molecule has 2 aromatic rings. The first-order valence-electron chi connectivity index (χ1n) is 5.84. The summed E-state index contributed by atoms with van der Waals surface area (Å²) in [5, 5.41) is 0. The summed E-state index contributed by atoms with van der Waals surface area (Å²) in [5.74, 6) is -0.632. The van der Waals surface area contributed by atoms with E-state index >= 15 is 0 Å². The number of nitrogens with one attached hydrogen (secondary N) is 2. The molecule has 0 aliphatic rings. The van der Waals surface area contributed by atoms with Crippen molar-refractivity contribution in [2.45, 2.75) is 6.54 Å². The van der Waals surface area contributed by atoms with Gasteiger partial charge in [-0.05, 0) is 12.1 Å². The summed E-state index contributed by atoms with van der Waals surface area (Å²) in [6.07, 6.45) is 3.55. The highest BCUT2D eigenvalue weighted by molar-refractivity contribution is 5.95. The second kappa shape index (κ2) is 7.91. The van der Waals surface area contributed by atoms with Crippen LogP contribution in [-0.4, -0.2) is 11.8 Å². The molecule has 0 atom stereocenters. The average Bonchev–Trinajstić information content (AvgIpc) is 2.47. The number of carbonyl (C=O) groups excluding carboxylic acids is 2. The van der Waals surface area contributed by atoms with Gasteiger partial charge in [0.25, 0.3) is 5.91 Å². The summed E-state index contributed by atoms with van der Waals surface area (Å²) < 4.78 is 1.71. The molecule has 104 valence electrons. The van der Waals surface area contributed by atoms with E-state index < -0.39 is 0 Å². The van der Waals surface area contributed by atoms with Crippen LogP contribution < -0.4 is 15.4 Å². The molecule has 0 saturated carbocycles. The molecule has 6 heteroatoms. The van der Waals surface area contributed by atoms with Crippen LogP contribution in [0.15, 0.2) is 60.9 Å². The zero-order chi connectivity index (χ0) is 13.5. The van der Waals surface area contributed by atoms with Crippen molar-refractivity contribution in [3.63, 3.8) is 0 Å². The molecule has 0 aliphatic heterocycles. The normalized spacial score (nSPS) is 9.20. The van der Waals surface area contributed by atoms with Crippen molar-refractivity contribution in [3.8, 4) is 0 Å². The van der Waals surface area contributed by atoms with Crippen molar-refractivity contribution in [1.29, 1.82) is 0 Å². The Bertz CT molecular complexity index is 561. The molecule has 2 N–H and O–H groups in total. The number of pyridine rings is 1. The molecule has 20 heavy (non-hydrogen) atoms. The molecule has 0 fully saturated rings. The van der Waals surface area contributed by atoms with Crippen molar-refractivity contribution in [2.24, 2.45) is 0 Å². The molecule has 0 spiro atoms. The molecule has 2 rings (SSSR count). The number of hydrogen-bond acceptors (Lipinski definition) is 2. The first-order chi connectivity index (χ1) is 9.25. The van der Waals surface area contributed by atoms with E-state index in [1.54, 1.807) is 41.2 Å². The molecular weight excluding hydrogens is 278 g/mol. The lowest BCUT2D eigenvalue weighted by molar-refractivity contribution is -0.684. The van der Waals surface area contributed by atoms with Crippen molar-refractivity contribution >= 4 is 24.2 Å². The average molecular weight is 293 g/mol. The highest BCUT2D eigenvalue weighted by Crippen LogP contribution is 1.96. The molecule has 0 unspecified atom stereocenters. The van der Waals surface area contributed by atoms with Crippen LogP contribution in [0.5, 0.6) is 0 Å². The summed E-state index contributed by atoms with van der Waals surface area (Å²) in [6, 6.07) is 14.2. The van der Waals surface area contributed by atoms with Crippen molar-refractivity contribution < 1.29 is 14.2 Å². The quantitative estimate of drug-likeness (QED) is 0.651. The summed E-state index contributed by atoms with van der Waals surface area (Å²) in [5.41, 5.74) is 5.23. The topological polar surface area (TPSA) is 62.1 Å². The first-order valence-corrected chi connectivity index (χ1v) is 5.84. The highest BCUT2D eigenvalue weighted by atomic mass is 35.5. The Kier molecular flexibility index (Phi) is 6.19. The third-order valence-electron chi connectivity index (χ3n) is 2.45. The standard InChI is InChI=1S/C14H13N3O2.ClH/c18-13(11-17-9-5-2-6-10-17)15-16-14(19)12-7-3-1-4-8-12;/h1-10H,11H2,(H-,15,16,18,19);1H/p+1. The monoisotopic (exact) mass is 292 g/mol. The van der Waals surface area contributed by atoms with Gasteiger partial charge >= 0.3 is 5.91 Å². The predicted octanol–water partition coefficient (Wildman–Crippen LogP) is 0.857. The number of halogens is 1. The van der Waals surface area contributed by atoms with Gasteiger partial charge in [0.2, 0.25) is 6.54 Å². The van der Waals surface area contributed by atoms with Crippen LogP contribution in [0.4, 0.5) is 0 Å². The smallest absolute Gasteiger partial charge is 0.267 e. The maximum absolute atomic E-state index is 11.7. The SMILES string of the molecule is Cl.O=C(C[n+]1ccccc1)NNC(=O)c1ccccc1. The Balaban J connectivity index is 0.00000200. The fraction of sp³-hybridized carbons (Fsp3) is 0.0714. The van der Waals surface area contributed by atoms with Gasteiger partial charge in [-0.15, -0.1) is 12.4 Å². The number of aromatic nitrogens is 1. The molecule has 0 saturated heterocycles. The van der Waals surface area contributed by atoms with Crippen molar-refractivity contribution in [3.05, 3.63) is 66.5 Å². The number of carbonyl (C=O) groups is 2. The zero-order valence-electron chi connectivity index (χ0n) is 10.7. The highest BCUT2D eigenvalue weighted by Gasteiger charge is 2.10. The minimum atomic E-state index is -0.341. The van der Waals surface area contributed by atoms with Crippen LogP contribution in [0.3, 0.4) is 0 Å². The van der Waals surface area contributed by atoms with E-state index in [9.17, 15) is 9.59 Å². The van der Waals surface area contributed by atoms with Crippen LogP contribution in [0.2, 0.25) is 0 Å². The fourth-order valence-corrected chi connectivity index (χ4v) is 1.53. The number of nitrogens with zero attached hydrogens (tertiary/aromatic N) is 1. The van der Waals surface area contributed by atoms with Gasteiger partial charge < -0.3 is 0 Å². The Morgan fingerprint density at radius 1 is 0.900 bits per heavy atom. The van der Waals surface area contributed by atoms with Crippen molar-refractivity contribution in [1.82, 2.24) is 10.9 Å². The third kappa shape index (κ3) is 4.70. The third-order valence-corrected chi connectivity index (χ3v) is 2.45. The van der Waals surface area contributed by atoms with Gasteiger partial charge in [-0.1, -0.05) is 24.3 Å². The number of hydrazine groups is 1. The van der Waals surface area contributed by atoms with Crippen LogP contribution >= 0.6 is 12.4 Å². The molecule has 1 aromatic carbocycles. The van der Waals surface area contributed by atoms with E-state index in [2.05, 4.69) is 10.9 Å². The Labute approximate surface area is 123 Å². The molecule has 0 aliphatic carbocycles. The number of hydrogen-bond donors (Lipinski definition) is 2. The largest absolute Gasteiger partial charge is 0.304 e. The molecule has 0 bridgehead atoms. The summed E-state index contributed by atoms with van der Waals surface area (Å²) >= 11 is 0. The molecule has 0 radical (unpaired) electrons. The Morgan fingerprint density at radius 2 is 1.50 bits per heavy atom. The van der Waals surface area contributed by atoms with E-state index in [1.807, 2.05) is 24.3 Å². The molecular formula is C14H15ClN3O2+. The second-order valence-electron chi connectivity index (χ2n) is 3.92. The van der Waals surface area contributed by atoms with Crippen LogP contribution in [0, 0.1) is 0 Å². The molecule has 1 heterocycles. The predicted molar refractivity (Wildman–Crippen MR) is 75.9 cm³/mol. The number of rotatable bonds is 3. The molecule has 2 amide bonds. The van der Waals surface area contributed by atoms with E-state index in [-0.39, 0.29) is 30.8 Å². The molecule has 1 aromatic heterocycles. The lowest BCUT2D eigenvalue weighted by Gasteiger charge is -2.05. The lowest BCUT2D eigenvalue weighted by Crippen LogP contribution is -2.48. The van der Waals surface area contributed by atoms with Gasteiger partial charge in [-0.3, -0.25) is 20.4 Å². The van der Waals surface area contributed by atoms with Gasteiger partial charge in [0.05, 0.1) is 0 Å². The fourth-order valence-electron chi connectivity index (χ4n) is 1.53. The Morgan fingerprint density at radius 3 is 2.15 bits per heavy atom. The van der Waals surface area contributed by atoms with Crippen LogP contribution in [0.25, 0.3) is 0 Å². The zero-order valence-corrected chi connectivity index (χ0v) is 11.5. The lowest BCUT2D eigenvalue weighted by atomic mass is 10.2. The first kappa shape index (κ1) is 15.7.